The average molecular weight is 285 g/mol. The molecular formula is C17H20FN3. The third kappa shape index (κ3) is 4.02. The number of hydrogen-bond donors (Lipinski definition) is 1. The van der Waals surface area contributed by atoms with Crippen molar-refractivity contribution >= 4 is 5.82 Å². The fourth-order valence-corrected chi connectivity index (χ4v) is 2.83. The van der Waals surface area contributed by atoms with Crippen LogP contribution in [0.15, 0.2) is 48.7 Å². The second-order valence-corrected chi connectivity index (χ2v) is 5.57. The van der Waals surface area contributed by atoms with Gasteiger partial charge in [-0.2, -0.15) is 0 Å². The van der Waals surface area contributed by atoms with Crippen molar-refractivity contribution in [3.63, 3.8) is 0 Å². The van der Waals surface area contributed by atoms with Crippen LogP contribution in [0.3, 0.4) is 0 Å². The maximum Gasteiger partial charge on any atom is 0.141 e. The smallest absolute Gasteiger partial charge is 0.141 e. The molecule has 3 rings (SSSR count). The number of hydrogen-bond acceptors (Lipinski definition) is 3. The summed E-state index contributed by atoms with van der Waals surface area (Å²) in [5.41, 5.74) is 1.35. The predicted octanol–water partition coefficient (Wildman–Crippen LogP) is 3.30. The lowest BCUT2D eigenvalue weighted by molar-refractivity contribution is 0.208. The first-order chi connectivity index (χ1) is 10.3. The summed E-state index contributed by atoms with van der Waals surface area (Å²) in [5, 5.41) is 3.40. The molecule has 1 fully saturated rings. The SMILES string of the molecule is Fc1ccc(NC2CCCN(Cc3ccccc3)C2)nc1. The van der Waals surface area contributed by atoms with Crippen molar-refractivity contribution in [3.8, 4) is 0 Å². The minimum Gasteiger partial charge on any atom is -0.366 e. The monoisotopic (exact) mass is 285 g/mol. The highest BCUT2D eigenvalue weighted by Crippen LogP contribution is 2.17. The number of halogens is 1. The van der Waals surface area contributed by atoms with Crippen LogP contribution in [0.4, 0.5) is 10.2 Å². The summed E-state index contributed by atoms with van der Waals surface area (Å²) in [6.45, 7) is 3.10. The number of likely N-dealkylation sites (tertiary alicyclic amines) is 1. The van der Waals surface area contributed by atoms with E-state index in [1.807, 2.05) is 6.07 Å². The molecule has 1 aromatic carbocycles. The second-order valence-electron chi connectivity index (χ2n) is 5.57. The van der Waals surface area contributed by atoms with Gasteiger partial charge in [0.15, 0.2) is 0 Å². The van der Waals surface area contributed by atoms with Crippen molar-refractivity contribution in [2.45, 2.75) is 25.4 Å². The number of pyridine rings is 1. The number of anilines is 1. The van der Waals surface area contributed by atoms with Gasteiger partial charge in [0.2, 0.25) is 0 Å². The van der Waals surface area contributed by atoms with E-state index in [0.717, 1.165) is 31.9 Å². The first-order valence-electron chi connectivity index (χ1n) is 7.44. The van der Waals surface area contributed by atoms with Gasteiger partial charge in [-0.05, 0) is 37.1 Å². The molecule has 1 saturated heterocycles. The molecule has 1 aliphatic rings. The Bertz CT molecular complexity index is 556. The van der Waals surface area contributed by atoms with Crippen molar-refractivity contribution in [2.24, 2.45) is 0 Å². The number of piperidine rings is 1. The summed E-state index contributed by atoms with van der Waals surface area (Å²) in [6, 6.07) is 14.1. The highest BCUT2D eigenvalue weighted by atomic mass is 19.1. The van der Waals surface area contributed by atoms with E-state index in [1.165, 1.54) is 24.2 Å². The second kappa shape index (κ2) is 6.68. The highest BCUT2D eigenvalue weighted by Gasteiger charge is 2.20. The van der Waals surface area contributed by atoms with Crippen LogP contribution < -0.4 is 5.32 Å². The van der Waals surface area contributed by atoms with Gasteiger partial charge in [-0.1, -0.05) is 30.3 Å². The Morgan fingerprint density at radius 3 is 2.81 bits per heavy atom. The van der Waals surface area contributed by atoms with Crippen LogP contribution in [-0.2, 0) is 6.54 Å². The summed E-state index contributed by atoms with van der Waals surface area (Å²) in [7, 11) is 0. The van der Waals surface area contributed by atoms with E-state index in [9.17, 15) is 4.39 Å². The van der Waals surface area contributed by atoms with Crippen LogP contribution in [0.25, 0.3) is 0 Å². The molecule has 1 N–H and O–H groups in total. The normalized spacial score (nSPS) is 19.4. The van der Waals surface area contributed by atoms with E-state index < -0.39 is 0 Å². The Kier molecular flexibility index (Phi) is 4.46. The van der Waals surface area contributed by atoms with E-state index in [4.69, 9.17) is 0 Å². The summed E-state index contributed by atoms with van der Waals surface area (Å²) in [6.07, 6.45) is 3.56. The van der Waals surface area contributed by atoms with E-state index in [-0.39, 0.29) is 5.82 Å². The molecular weight excluding hydrogens is 265 g/mol. The Morgan fingerprint density at radius 2 is 2.05 bits per heavy atom. The molecule has 0 saturated carbocycles. The lowest BCUT2D eigenvalue weighted by Crippen LogP contribution is -2.41. The zero-order valence-corrected chi connectivity index (χ0v) is 12.0. The topological polar surface area (TPSA) is 28.2 Å². The molecule has 1 unspecified atom stereocenters. The van der Waals surface area contributed by atoms with E-state index in [0.29, 0.717) is 6.04 Å². The lowest BCUT2D eigenvalue weighted by Gasteiger charge is -2.33. The van der Waals surface area contributed by atoms with Crippen molar-refractivity contribution in [2.75, 3.05) is 18.4 Å². The van der Waals surface area contributed by atoms with E-state index >= 15 is 0 Å². The number of aromatic nitrogens is 1. The quantitative estimate of drug-likeness (QED) is 0.934. The molecule has 2 aromatic rings. The molecule has 0 radical (unpaired) electrons. The van der Waals surface area contributed by atoms with Gasteiger partial charge in [-0.15, -0.1) is 0 Å². The molecule has 0 bridgehead atoms. The zero-order valence-electron chi connectivity index (χ0n) is 12.0. The Hall–Kier alpha value is -1.94. The van der Waals surface area contributed by atoms with Crippen molar-refractivity contribution < 1.29 is 4.39 Å². The van der Waals surface area contributed by atoms with Crippen LogP contribution >= 0.6 is 0 Å². The third-order valence-electron chi connectivity index (χ3n) is 3.83. The van der Waals surface area contributed by atoms with Crippen LogP contribution in [0.5, 0.6) is 0 Å². The Morgan fingerprint density at radius 1 is 1.19 bits per heavy atom. The zero-order chi connectivity index (χ0) is 14.5. The Labute approximate surface area is 124 Å². The fraction of sp³-hybridized carbons (Fsp3) is 0.353. The maximum absolute atomic E-state index is 12.9. The first kappa shape index (κ1) is 14.0. The van der Waals surface area contributed by atoms with Gasteiger partial charge < -0.3 is 5.32 Å². The van der Waals surface area contributed by atoms with Gasteiger partial charge in [0.1, 0.15) is 11.6 Å². The number of rotatable bonds is 4. The molecule has 0 amide bonds. The Balaban J connectivity index is 1.57. The van der Waals surface area contributed by atoms with E-state index in [2.05, 4.69) is 39.5 Å². The van der Waals surface area contributed by atoms with Gasteiger partial charge in [-0.25, -0.2) is 9.37 Å². The van der Waals surface area contributed by atoms with Crippen LogP contribution in [0.2, 0.25) is 0 Å². The summed E-state index contributed by atoms with van der Waals surface area (Å²) in [5.74, 6) is 0.456. The minimum absolute atomic E-state index is 0.296. The molecule has 3 nitrogen and oxygen atoms in total. The van der Waals surface area contributed by atoms with Crippen molar-refractivity contribution in [3.05, 3.63) is 60.0 Å². The fourth-order valence-electron chi connectivity index (χ4n) is 2.83. The van der Waals surface area contributed by atoms with Crippen LogP contribution in [-0.4, -0.2) is 29.0 Å². The molecule has 0 aliphatic carbocycles. The average Bonchev–Trinajstić information content (AvgIpc) is 2.51. The maximum atomic E-state index is 12.9. The van der Waals surface area contributed by atoms with Gasteiger partial charge in [0.25, 0.3) is 0 Å². The minimum atomic E-state index is -0.296. The van der Waals surface area contributed by atoms with Gasteiger partial charge >= 0.3 is 0 Å². The van der Waals surface area contributed by atoms with Crippen molar-refractivity contribution in [1.29, 1.82) is 0 Å². The van der Waals surface area contributed by atoms with Gasteiger partial charge in [0, 0.05) is 19.1 Å². The van der Waals surface area contributed by atoms with Crippen molar-refractivity contribution in [1.82, 2.24) is 9.88 Å². The highest BCUT2D eigenvalue weighted by molar-refractivity contribution is 5.35. The molecule has 21 heavy (non-hydrogen) atoms. The molecule has 110 valence electrons. The number of nitrogens with one attached hydrogen (secondary N) is 1. The van der Waals surface area contributed by atoms with Crippen LogP contribution in [0, 0.1) is 5.82 Å². The lowest BCUT2D eigenvalue weighted by atomic mass is 10.0. The largest absolute Gasteiger partial charge is 0.366 e. The third-order valence-corrected chi connectivity index (χ3v) is 3.83. The number of nitrogens with zero attached hydrogens (tertiary/aromatic N) is 2. The molecule has 0 spiro atoms. The molecule has 1 atom stereocenters. The molecule has 2 heterocycles. The summed E-state index contributed by atoms with van der Waals surface area (Å²) < 4.78 is 12.9. The van der Waals surface area contributed by atoms with Gasteiger partial charge in [0.05, 0.1) is 6.20 Å². The molecule has 1 aromatic heterocycles. The first-order valence-corrected chi connectivity index (χ1v) is 7.44. The molecule has 1 aliphatic heterocycles. The van der Waals surface area contributed by atoms with E-state index in [1.54, 1.807) is 6.07 Å². The molecule has 4 heteroatoms. The summed E-state index contributed by atoms with van der Waals surface area (Å²) in [4.78, 5) is 6.54. The number of benzene rings is 1. The standard InChI is InChI=1S/C17H20FN3/c18-15-8-9-17(19-11-15)20-16-7-4-10-21(13-16)12-14-5-2-1-3-6-14/h1-3,5-6,8-9,11,16H,4,7,10,12-13H2,(H,19,20). The van der Waals surface area contributed by atoms with Gasteiger partial charge in [-0.3, -0.25) is 4.90 Å². The summed E-state index contributed by atoms with van der Waals surface area (Å²) >= 11 is 0. The predicted molar refractivity (Wildman–Crippen MR) is 82.6 cm³/mol. The van der Waals surface area contributed by atoms with Crippen LogP contribution in [0.1, 0.15) is 18.4 Å².